The normalized spacial score (nSPS) is 17.0. The van der Waals surface area contributed by atoms with E-state index in [1.807, 2.05) is 6.07 Å². The Kier molecular flexibility index (Phi) is 6.13. The van der Waals surface area contributed by atoms with Crippen molar-refractivity contribution in [2.75, 3.05) is 0 Å². The van der Waals surface area contributed by atoms with Gasteiger partial charge in [-0.25, -0.2) is 4.98 Å². The monoisotopic (exact) mass is 480 g/mol. The molecule has 1 aromatic heterocycles. The van der Waals surface area contributed by atoms with E-state index >= 15 is 0 Å². The third-order valence-corrected chi connectivity index (χ3v) is 7.82. The van der Waals surface area contributed by atoms with Gasteiger partial charge in [-0.15, -0.1) is 0 Å². The number of hydrogen-bond acceptors (Lipinski definition) is 3. The first-order valence-electron chi connectivity index (χ1n) is 13.1. The second-order valence-electron chi connectivity index (χ2n) is 11.5. The lowest BCUT2D eigenvalue weighted by atomic mass is 9.78. The number of rotatable bonds is 5. The zero-order valence-electron chi connectivity index (χ0n) is 22.8. The van der Waals surface area contributed by atoms with E-state index in [1.165, 1.54) is 16.8 Å². The van der Waals surface area contributed by atoms with Crippen LogP contribution in [0.5, 0.6) is 0 Å². The second-order valence-corrected chi connectivity index (χ2v) is 11.5. The van der Waals surface area contributed by atoms with Crippen LogP contribution in [0.1, 0.15) is 78.4 Å². The number of benzene rings is 3. The number of imidazole rings is 1. The van der Waals surface area contributed by atoms with E-state index < -0.39 is 18.3 Å². The second kappa shape index (κ2) is 8.90. The van der Waals surface area contributed by atoms with Crippen molar-refractivity contribution >= 4 is 23.6 Å². The van der Waals surface area contributed by atoms with Gasteiger partial charge in [0, 0.05) is 11.0 Å². The van der Waals surface area contributed by atoms with Crippen LogP contribution in [0, 0.1) is 0 Å². The molecule has 0 saturated carbocycles. The van der Waals surface area contributed by atoms with Gasteiger partial charge in [-0.2, -0.15) is 0 Å². The van der Waals surface area contributed by atoms with Crippen molar-refractivity contribution in [2.45, 2.75) is 78.4 Å². The van der Waals surface area contributed by atoms with Gasteiger partial charge in [0.15, 0.2) is 0 Å². The largest absolute Gasteiger partial charge is 0.497 e. The Hall–Kier alpha value is -2.89. The van der Waals surface area contributed by atoms with E-state index in [9.17, 15) is 0 Å². The molecule has 1 aliphatic heterocycles. The molecular formula is C31H37BN2O2. The lowest BCUT2D eigenvalue weighted by Crippen LogP contribution is -2.41. The van der Waals surface area contributed by atoms with Crippen molar-refractivity contribution in [1.82, 2.24) is 9.55 Å². The minimum atomic E-state index is -0.476. The Morgan fingerprint density at radius 2 is 1.28 bits per heavy atom. The summed E-state index contributed by atoms with van der Waals surface area (Å²) in [4.78, 5) is 5.30. The Morgan fingerprint density at radius 1 is 0.722 bits per heavy atom. The van der Waals surface area contributed by atoms with Gasteiger partial charge < -0.3 is 9.31 Å². The van der Waals surface area contributed by atoms with Crippen LogP contribution in [-0.2, 0) is 9.31 Å². The molecule has 3 aromatic carbocycles. The zero-order valence-corrected chi connectivity index (χ0v) is 22.8. The predicted octanol–water partition coefficient (Wildman–Crippen LogP) is 7.24. The van der Waals surface area contributed by atoms with Gasteiger partial charge in [0.2, 0.25) is 0 Å². The average Bonchev–Trinajstić information content (AvgIpc) is 3.32. The summed E-state index contributed by atoms with van der Waals surface area (Å²) in [5, 5.41) is 0. The molecule has 5 rings (SSSR count). The van der Waals surface area contributed by atoms with Crippen molar-refractivity contribution in [1.29, 1.82) is 0 Å². The Morgan fingerprint density at radius 3 is 1.83 bits per heavy atom. The summed E-state index contributed by atoms with van der Waals surface area (Å²) in [6, 6.07) is 23.5. The first-order valence-corrected chi connectivity index (χ1v) is 13.1. The van der Waals surface area contributed by atoms with Crippen LogP contribution in [0.3, 0.4) is 0 Å². The topological polar surface area (TPSA) is 36.3 Å². The summed E-state index contributed by atoms with van der Waals surface area (Å²) >= 11 is 0. The van der Waals surface area contributed by atoms with E-state index in [4.69, 9.17) is 14.3 Å². The van der Waals surface area contributed by atoms with Crippen molar-refractivity contribution in [3.63, 3.8) is 0 Å². The van der Waals surface area contributed by atoms with Crippen LogP contribution in [0.15, 0.2) is 66.7 Å². The fourth-order valence-corrected chi connectivity index (χ4v) is 5.06. The number of para-hydroxylation sites is 2. The maximum atomic E-state index is 6.47. The standard InChI is InChI=1S/C31H37BN2O2/c1-20(2)23-16-12-17-24(21(3)4)28(23)34-26-19-13-18-25(32-35-30(5,6)31(7,8)36-32)27(26)33-29(34)22-14-10-9-11-15-22/h9-21H,1-8H3. The van der Waals surface area contributed by atoms with Crippen LogP contribution in [0.25, 0.3) is 28.1 Å². The molecule has 0 unspecified atom stereocenters. The Labute approximate surface area is 215 Å². The average molecular weight is 480 g/mol. The number of hydrogen-bond donors (Lipinski definition) is 0. The molecule has 1 fully saturated rings. The highest BCUT2D eigenvalue weighted by atomic mass is 16.7. The van der Waals surface area contributed by atoms with Gasteiger partial charge in [-0.3, -0.25) is 4.57 Å². The lowest BCUT2D eigenvalue weighted by molar-refractivity contribution is 0.00578. The van der Waals surface area contributed by atoms with E-state index in [0.29, 0.717) is 11.8 Å². The first kappa shape index (κ1) is 24.8. The van der Waals surface area contributed by atoms with Crippen molar-refractivity contribution < 1.29 is 9.31 Å². The highest BCUT2D eigenvalue weighted by Gasteiger charge is 2.52. The molecule has 0 N–H and O–H groups in total. The molecule has 4 aromatic rings. The fraction of sp³-hybridized carbons (Fsp3) is 0.387. The molecule has 0 spiro atoms. The van der Waals surface area contributed by atoms with E-state index in [2.05, 4.69) is 121 Å². The molecule has 0 radical (unpaired) electrons. The van der Waals surface area contributed by atoms with Crippen molar-refractivity contribution in [3.05, 3.63) is 77.9 Å². The SMILES string of the molecule is CC(C)c1cccc(C(C)C)c1-n1c(-c2ccccc2)nc2c(B3OC(C)(C)C(C)(C)O3)cccc21. The predicted molar refractivity (Wildman–Crippen MR) is 150 cm³/mol. The summed E-state index contributed by atoms with van der Waals surface area (Å²) in [6.07, 6.45) is 0. The van der Waals surface area contributed by atoms with Gasteiger partial charge in [0.1, 0.15) is 5.82 Å². The van der Waals surface area contributed by atoms with Gasteiger partial charge >= 0.3 is 7.12 Å². The molecule has 5 heteroatoms. The minimum absolute atomic E-state index is 0.367. The summed E-state index contributed by atoms with van der Waals surface area (Å²) < 4.78 is 15.3. The summed E-state index contributed by atoms with van der Waals surface area (Å²) in [5.41, 5.74) is 7.07. The Balaban J connectivity index is 1.84. The molecule has 2 heterocycles. The van der Waals surface area contributed by atoms with Crippen molar-refractivity contribution in [3.8, 4) is 17.1 Å². The summed E-state index contributed by atoms with van der Waals surface area (Å²) in [5.74, 6) is 1.67. The highest BCUT2D eigenvalue weighted by molar-refractivity contribution is 6.65. The number of aromatic nitrogens is 2. The van der Waals surface area contributed by atoms with Crippen LogP contribution in [0.4, 0.5) is 0 Å². The molecular weight excluding hydrogens is 443 g/mol. The lowest BCUT2D eigenvalue weighted by Gasteiger charge is -2.32. The van der Waals surface area contributed by atoms with E-state index in [1.54, 1.807) is 0 Å². The fourth-order valence-electron chi connectivity index (χ4n) is 5.06. The van der Waals surface area contributed by atoms with Gasteiger partial charge in [-0.05, 0) is 56.7 Å². The van der Waals surface area contributed by atoms with Crippen LogP contribution >= 0.6 is 0 Å². The summed E-state index contributed by atoms with van der Waals surface area (Å²) in [7, 11) is -0.476. The zero-order chi connectivity index (χ0) is 25.8. The molecule has 4 nitrogen and oxygen atoms in total. The first-order chi connectivity index (χ1) is 17.0. The van der Waals surface area contributed by atoms with Crippen LogP contribution in [-0.4, -0.2) is 27.9 Å². The molecule has 0 bridgehead atoms. The molecule has 0 atom stereocenters. The van der Waals surface area contributed by atoms with Gasteiger partial charge in [0.05, 0.1) is 27.9 Å². The summed E-state index contributed by atoms with van der Waals surface area (Å²) in [6.45, 7) is 17.4. The molecule has 1 aliphatic rings. The maximum absolute atomic E-state index is 6.47. The molecule has 36 heavy (non-hydrogen) atoms. The van der Waals surface area contributed by atoms with E-state index in [0.717, 1.165) is 27.9 Å². The highest BCUT2D eigenvalue weighted by Crippen LogP contribution is 2.39. The van der Waals surface area contributed by atoms with E-state index in [-0.39, 0.29) is 0 Å². The van der Waals surface area contributed by atoms with Gasteiger partial charge in [0.25, 0.3) is 0 Å². The van der Waals surface area contributed by atoms with Crippen LogP contribution in [0.2, 0.25) is 0 Å². The molecule has 0 aliphatic carbocycles. The third-order valence-electron chi connectivity index (χ3n) is 7.82. The quantitative estimate of drug-likeness (QED) is 0.283. The molecule has 186 valence electrons. The van der Waals surface area contributed by atoms with Crippen LogP contribution < -0.4 is 5.46 Å². The number of nitrogens with zero attached hydrogens (tertiary/aromatic N) is 2. The number of fused-ring (bicyclic) bond motifs is 1. The van der Waals surface area contributed by atoms with Gasteiger partial charge in [-0.1, -0.05) is 88.4 Å². The molecule has 0 amide bonds. The third kappa shape index (κ3) is 3.99. The maximum Gasteiger partial charge on any atom is 0.497 e. The smallest absolute Gasteiger partial charge is 0.399 e. The molecule has 1 saturated heterocycles. The Bertz CT molecular complexity index is 1360. The van der Waals surface area contributed by atoms with Crippen molar-refractivity contribution in [2.24, 2.45) is 0 Å². The minimum Gasteiger partial charge on any atom is -0.399 e.